The summed E-state index contributed by atoms with van der Waals surface area (Å²) in [5.74, 6) is 1.18. The number of aromatic nitrogens is 2. The maximum atomic E-state index is 11.8. The molecule has 0 unspecified atom stereocenters. The van der Waals surface area contributed by atoms with Crippen molar-refractivity contribution in [3.63, 3.8) is 0 Å². The fourth-order valence-corrected chi connectivity index (χ4v) is 4.10. The third-order valence-corrected chi connectivity index (χ3v) is 5.82. The summed E-state index contributed by atoms with van der Waals surface area (Å²) in [6.45, 7) is 0.353. The minimum atomic E-state index is -1.29. The number of hydrogen-bond acceptors (Lipinski definition) is 7. The zero-order chi connectivity index (χ0) is 20.4. The number of carbonyl (C=O) groups excluding carboxylic acids is 1. The molecule has 0 radical (unpaired) electrons. The summed E-state index contributed by atoms with van der Waals surface area (Å²) in [6.07, 6.45) is 1.47. The average molecular weight is 432 g/mol. The van der Waals surface area contributed by atoms with Gasteiger partial charge in [0.15, 0.2) is 11.5 Å². The van der Waals surface area contributed by atoms with E-state index < -0.39 is 5.97 Å². The number of carboxylic acid groups (broad SMARTS) is 1. The number of benzene rings is 2. The van der Waals surface area contributed by atoms with Crippen LogP contribution in [0, 0.1) is 0 Å². The summed E-state index contributed by atoms with van der Waals surface area (Å²) >= 11 is 7.64. The molecule has 0 atom stereocenters. The predicted octanol–water partition coefficient (Wildman–Crippen LogP) is 2.98. The Bertz CT molecular complexity index is 1050. The highest BCUT2D eigenvalue weighted by atomic mass is 35.5. The van der Waals surface area contributed by atoms with Crippen LogP contribution in [-0.2, 0) is 12.3 Å². The summed E-state index contributed by atoms with van der Waals surface area (Å²) in [5.41, 5.74) is 1.73. The van der Waals surface area contributed by atoms with Crippen molar-refractivity contribution >= 4 is 29.3 Å². The normalized spacial score (nSPS) is 12.2. The number of hydrogen-bond donors (Lipinski definition) is 0. The quantitative estimate of drug-likeness (QED) is 0.531. The van der Waals surface area contributed by atoms with Gasteiger partial charge in [-0.15, -0.1) is 0 Å². The number of methoxy groups -OCH3 is 1. The Hall–Kier alpha value is -2.84. The summed E-state index contributed by atoms with van der Waals surface area (Å²) in [6, 6.07) is 11.0. The van der Waals surface area contributed by atoms with Crippen LogP contribution >= 0.6 is 23.4 Å². The second-order valence-electron chi connectivity index (χ2n) is 6.25. The predicted molar refractivity (Wildman–Crippen MR) is 106 cm³/mol. The van der Waals surface area contributed by atoms with Gasteiger partial charge in [-0.2, -0.15) is 0 Å². The van der Waals surface area contributed by atoms with Gasteiger partial charge in [0.25, 0.3) is 0 Å². The molecule has 1 aromatic heterocycles. The molecule has 4 rings (SSSR count). The van der Waals surface area contributed by atoms with Crippen LogP contribution in [0.15, 0.2) is 47.8 Å². The van der Waals surface area contributed by atoms with E-state index in [1.165, 1.54) is 22.7 Å². The van der Waals surface area contributed by atoms with Crippen molar-refractivity contribution in [2.45, 2.75) is 17.3 Å². The first-order chi connectivity index (χ1) is 14.0. The van der Waals surface area contributed by atoms with E-state index in [0.717, 1.165) is 11.3 Å². The number of thioether (sulfide) groups is 1. The van der Waals surface area contributed by atoms with E-state index in [2.05, 4.69) is 4.98 Å². The van der Waals surface area contributed by atoms with Crippen molar-refractivity contribution in [3.8, 4) is 17.2 Å². The molecule has 0 amide bonds. The molecular weight excluding hydrogens is 416 g/mol. The van der Waals surface area contributed by atoms with E-state index >= 15 is 0 Å². The van der Waals surface area contributed by atoms with E-state index in [0.29, 0.717) is 32.9 Å². The molecule has 0 saturated heterocycles. The van der Waals surface area contributed by atoms with E-state index in [1.807, 2.05) is 24.3 Å². The molecule has 2 heterocycles. The van der Waals surface area contributed by atoms with Crippen LogP contribution in [0.4, 0.5) is 0 Å². The molecule has 2 aromatic carbocycles. The highest BCUT2D eigenvalue weighted by Crippen LogP contribution is 2.37. The fraction of sp³-hybridized carbons (Fsp3) is 0.200. The third-order valence-electron chi connectivity index (χ3n) is 4.41. The van der Waals surface area contributed by atoms with Crippen LogP contribution in [0.5, 0.6) is 17.2 Å². The lowest BCUT2D eigenvalue weighted by Crippen LogP contribution is -2.26. The molecule has 0 spiro atoms. The van der Waals surface area contributed by atoms with Crippen LogP contribution in [0.3, 0.4) is 0 Å². The highest BCUT2D eigenvalue weighted by Gasteiger charge is 2.19. The zero-order valence-electron chi connectivity index (χ0n) is 15.4. The number of imidazole rings is 1. The van der Waals surface area contributed by atoms with Gasteiger partial charge in [-0.05, 0) is 29.3 Å². The second kappa shape index (κ2) is 8.26. The second-order valence-corrected chi connectivity index (χ2v) is 7.62. The van der Waals surface area contributed by atoms with Crippen molar-refractivity contribution in [1.82, 2.24) is 9.55 Å². The molecule has 150 valence electrons. The molecule has 0 N–H and O–H groups in total. The number of nitrogens with zero attached hydrogens (tertiary/aromatic N) is 2. The minimum Gasteiger partial charge on any atom is -0.543 e. The van der Waals surface area contributed by atoms with E-state index in [4.69, 9.17) is 25.8 Å². The van der Waals surface area contributed by atoms with E-state index in [9.17, 15) is 9.90 Å². The molecule has 1 aliphatic heterocycles. The van der Waals surface area contributed by atoms with E-state index in [-0.39, 0.29) is 19.0 Å². The van der Waals surface area contributed by atoms with Crippen LogP contribution in [0.2, 0.25) is 5.02 Å². The van der Waals surface area contributed by atoms with Crippen molar-refractivity contribution in [2.75, 3.05) is 13.9 Å². The fourth-order valence-electron chi connectivity index (χ4n) is 2.93. The Morgan fingerprint density at radius 1 is 1.28 bits per heavy atom. The lowest BCUT2D eigenvalue weighted by molar-refractivity contribution is -0.256. The van der Waals surface area contributed by atoms with Gasteiger partial charge in [0.1, 0.15) is 10.8 Å². The molecule has 29 heavy (non-hydrogen) atoms. The van der Waals surface area contributed by atoms with Gasteiger partial charge in [-0.1, -0.05) is 35.5 Å². The monoisotopic (exact) mass is 431 g/mol. The number of carboxylic acids is 1. The van der Waals surface area contributed by atoms with Crippen LogP contribution in [0.1, 0.15) is 21.6 Å². The number of carbonyl (C=O) groups is 1. The molecule has 0 aliphatic carbocycles. The molecule has 3 aromatic rings. The highest BCUT2D eigenvalue weighted by molar-refractivity contribution is 7.98. The number of ether oxygens (including phenoxy) is 3. The summed E-state index contributed by atoms with van der Waals surface area (Å²) in [5, 5.41) is 12.6. The Labute approximate surface area is 176 Å². The summed E-state index contributed by atoms with van der Waals surface area (Å²) in [4.78, 5) is 16.0. The maximum Gasteiger partial charge on any atom is 0.231 e. The zero-order valence-corrected chi connectivity index (χ0v) is 17.0. The first-order valence-corrected chi connectivity index (χ1v) is 10.0. The SMILES string of the molecule is COc1ccc(CSc2ncn(Cc3cc4c(cc3Cl)OCO4)c2C(=O)[O-])cc1. The third kappa shape index (κ3) is 4.13. The molecule has 9 heteroatoms. The standard InChI is InChI=1S/C20H17ClN2O5S/c1-26-14-4-2-12(3-5-14)9-29-19-18(20(24)25)23(10-22-19)8-13-6-16-17(7-15(13)21)28-11-27-16/h2-7,10H,8-9,11H2,1H3,(H,24,25)/p-1. The van der Waals surface area contributed by atoms with Gasteiger partial charge in [0.05, 0.1) is 31.6 Å². The largest absolute Gasteiger partial charge is 0.543 e. The van der Waals surface area contributed by atoms with Gasteiger partial charge >= 0.3 is 0 Å². The van der Waals surface area contributed by atoms with Crippen LogP contribution < -0.4 is 19.3 Å². The molecule has 0 saturated carbocycles. The first kappa shape index (κ1) is 19.5. The van der Waals surface area contributed by atoms with Gasteiger partial charge < -0.3 is 28.7 Å². The average Bonchev–Trinajstić information content (AvgIpc) is 3.33. The van der Waals surface area contributed by atoms with Gasteiger partial charge in [-0.25, -0.2) is 4.98 Å². The van der Waals surface area contributed by atoms with Crippen molar-refractivity contribution in [1.29, 1.82) is 0 Å². The van der Waals surface area contributed by atoms with Crippen molar-refractivity contribution in [3.05, 3.63) is 64.6 Å². The summed E-state index contributed by atoms with van der Waals surface area (Å²) < 4.78 is 17.3. The van der Waals surface area contributed by atoms with Crippen LogP contribution in [0.25, 0.3) is 0 Å². The van der Waals surface area contributed by atoms with Crippen LogP contribution in [-0.4, -0.2) is 29.4 Å². The topological polar surface area (TPSA) is 85.6 Å². The van der Waals surface area contributed by atoms with E-state index in [1.54, 1.807) is 19.2 Å². The van der Waals surface area contributed by atoms with Crippen molar-refractivity contribution < 1.29 is 24.1 Å². The number of aromatic carboxylic acids is 1. The first-order valence-electron chi connectivity index (χ1n) is 8.65. The lowest BCUT2D eigenvalue weighted by atomic mass is 10.2. The maximum absolute atomic E-state index is 11.8. The molecule has 0 fully saturated rings. The molecule has 1 aliphatic rings. The van der Waals surface area contributed by atoms with Gasteiger partial charge in [0.2, 0.25) is 6.79 Å². The Morgan fingerprint density at radius 2 is 2.00 bits per heavy atom. The number of fused-ring (bicyclic) bond motifs is 1. The Balaban J connectivity index is 1.54. The minimum absolute atomic E-state index is 0.0113. The molecule has 0 bridgehead atoms. The Morgan fingerprint density at radius 3 is 2.69 bits per heavy atom. The molecular formula is C20H16ClN2O5S-. The number of halogens is 1. The molecule has 7 nitrogen and oxygen atoms in total. The van der Waals surface area contributed by atoms with Gasteiger partial charge in [-0.3, -0.25) is 0 Å². The lowest BCUT2D eigenvalue weighted by Gasteiger charge is -2.12. The Kier molecular flexibility index (Phi) is 5.55. The van der Waals surface area contributed by atoms with Crippen molar-refractivity contribution in [2.24, 2.45) is 0 Å². The smallest absolute Gasteiger partial charge is 0.231 e. The van der Waals surface area contributed by atoms with Gasteiger partial charge in [0, 0.05) is 16.8 Å². The summed E-state index contributed by atoms with van der Waals surface area (Å²) in [7, 11) is 1.61. The number of rotatable bonds is 7.